The second kappa shape index (κ2) is 9.54. The van der Waals surface area contributed by atoms with Crippen LogP contribution in [-0.2, 0) is 6.54 Å². The lowest BCUT2D eigenvalue weighted by molar-refractivity contribution is 0.529. The van der Waals surface area contributed by atoms with E-state index >= 15 is 0 Å². The molecule has 33 heavy (non-hydrogen) atoms. The average molecular weight is 446 g/mol. The van der Waals surface area contributed by atoms with E-state index in [2.05, 4.69) is 25.2 Å². The van der Waals surface area contributed by atoms with Crippen molar-refractivity contribution in [2.75, 3.05) is 23.7 Å². The van der Waals surface area contributed by atoms with Crippen molar-refractivity contribution in [2.45, 2.75) is 38.3 Å². The van der Waals surface area contributed by atoms with E-state index < -0.39 is 0 Å². The Balaban J connectivity index is 1.38. The van der Waals surface area contributed by atoms with E-state index in [1.54, 1.807) is 12.1 Å². The number of imidazole rings is 1. The Morgan fingerprint density at radius 2 is 1.82 bits per heavy atom. The summed E-state index contributed by atoms with van der Waals surface area (Å²) in [6, 6.07) is 15.2. The predicted molar refractivity (Wildman–Crippen MR) is 130 cm³/mol. The summed E-state index contributed by atoms with van der Waals surface area (Å²) in [7, 11) is 0. The van der Waals surface area contributed by atoms with Crippen LogP contribution in [0.15, 0.2) is 54.9 Å². The predicted octanol–water partition coefficient (Wildman–Crippen LogP) is 4.73. The van der Waals surface area contributed by atoms with Gasteiger partial charge < -0.3 is 20.9 Å². The Morgan fingerprint density at radius 3 is 2.58 bits per heavy atom. The van der Waals surface area contributed by atoms with Gasteiger partial charge in [-0.3, -0.25) is 0 Å². The first-order chi connectivity index (χ1) is 16.2. The van der Waals surface area contributed by atoms with Crippen molar-refractivity contribution in [3.8, 4) is 11.1 Å². The standard InChI is InChI=1S/C25H28FN7/c26-20-5-3-4-19(14-20)18-10-8-17(9-11-18)15-29-23-22-24(32-25(31-23)28-13-12-27)33(16-30-22)21-6-1-2-7-21/h3-5,8-11,14,16,21H,1-2,6-7,12-13,15,27H2,(H2,28,29,31,32). The smallest absolute Gasteiger partial charge is 0.226 e. The molecule has 0 saturated heterocycles. The third-order valence-electron chi connectivity index (χ3n) is 6.14. The molecule has 7 nitrogen and oxygen atoms in total. The van der Waals surface area contributed by atoms with Gasteiger partial charge in [0.25, 0.3) is 0 Å². The number of anilines is 2. The number of nitrogens with one attached hydrogen (secondary N) is 2. The van der Waals surface area contributed by atoms with Gasteiger partial charge in [0.05, 0.1) is 6.33 Å². The zero-order valence-electron chi connectivity index (χ0n) is 18.5. The minimum absolute atomic E-state index is 0.234. The Hall–Kier alpha value is -3.52. The van der Waals surface area contributed by atoms with Crippen molar-refractivity contribution in [1.29, 1.82) is 0 Å². The van der Waals surface area contributed by atoms with Crippen LogP contribution in [0.25, 0.3) is 22.3 Å². The van der Waals surface area contributed by atoms with E-state index in [9.17, 15) is 4.39 Å². The van der Waals surface area contributed by atoms with E-state index in [0.717, 1.165) is 40.7 Å². The van der Waals surface area contributed by atoms with E-state index in [1.165, 1.54) is 18.9 Å². The van der Waals surface area contributed by atoms with Crippen LogP contribution in [0.4, 0.5) is 16.2 Å². The SMILES string of the molecule is NCCNc1nc(NCc2ccc(-c3cccc(F)c3)cc2)c2ncn(C3CCCC3)c2n1. The highest BCUT2D eigenvalue weighted by atomic mass is 19.1. The first-order valence-corrected chi connectivity index (χ1v) is 11.5. The zero-order chi connectivity index (χ0) is 22.6. The summed E-state index contributed by atoms with van der Waals surface area (Å²) in [5.74, 6) is 1.02. The zero-order valence-corrected chi connectivity index (χ0v) is 18.5. The van der Waals surface area contributed by atoms with Crippen LogP contribution in [-0.4, -0.2) is 32.6 Å². The quantitative estimate of drug-likeness (QED) is 0.363. The van der Waals surface area contributed by atoms with Crippen molar-refractivity contribution in [3.05, 3.63) is 66.2 Å². The second-order valence-electron chi connectivity index (χ2n) is 8.43. The Morgan fingerprint density at radius 1 is 1.00 bits per heavy atom. The lowest BCUT2D eigenvalue weighted by Gasteiger charge is -2.14. The number of hydrogen-bond donors (Lipinski definition) is 3. The first kappa shape index (κ1) is 21.3. The molecule has 170 valence electrons. The summed E-state index contributed by atoms with van der Waals surface area (Å²) in [6.07, 6.45) is 6.68. The molecule has 4 aromatic rings. The maximum absolute atomic E-state index is 13.5. The van der Waals surface area contributed by atoms with Gasteiger partial charge in [-0.1, -0.05) is 49.2 Å². The molecule has 0 bridgehead atoms. The van der Waals surface area contributed by atoms with E-state index in [1.807, 2.05) is 36.7 Å². The molecule has 0 unspecified atom stereocenters. The summed E-state index contributed by atoms with van der Waals surface area (Å²) >= 11 is 0. The number of hydrogen-bond acceptors (Lipinski definition) is 6. The first-order valence-electron chi connectivity index (χ1n) is 11.5. The molecular formula is C25H28FN7. The Bertz CT molecular complexity index is 1230. The normalized spacial score (nSPS) is 14.1. The Kier molecular flexibility index (Phi) is 6.17. The van der Waals surface area contributed by atoms with Gasteiger partial charge >= 0.3 is 0 Å². The number of rotatable bonds is 8. The van der Waals surface area contributed by atoms with Crippen LogP contribution in [0.5, 0.6) is 0 Å². The van der Waals surface area contributed by atoms with Gasteiger partial charge in [-0.2, -0.15) is 9.97 Å². The lowest BCUT2D eigenvalue weighted by Crippen LogP contribution is -2.16. The molecule has 5 rings (SSSR count). The molecule has 0 aliphatic heterocycles. The van der Waals surface area contributed by atoms with Crippen LogP contribution in [0, 0.1) is 5.82 Å². The third-order valence-corrected chi connectivity index (χ3v) is 6.14. The summed E-state index contributed by atoms with van der Waals surface area (Å²) < 4.78 is 15.7. The number of aromatic nitrogens is 4. The van der Waals surface area contributed by atoms with Gasteiger partial charge in [-0.15, -0.1) is 0 Å². The number of nitrogens with two attached hydrogens (primary N) is 1. The minimum atomic E-state index is -0.234. The molecule has 1 aliphatic carbocycles. The van der Waals surface area contributed by atoms with Crippen LogP contribution in [0.3, 0.4) is 0 Å². The molecule has 1 fully saturated rings. The van der Waals surface area contributed by atoms with Gasteiger partial charge in [-0.05, 0) is 41.7 Å². The van der Waals surface area contributed by atoms with Crippen molar-refractivity contribution >= 4 is 22.9 Å². The summed E-state index contributed by atoms with van der Waals surface area (Å²) in [5.41, 5.74) is 10.2. The van der Waals surface area contributed by atoms with E-state index in [0.29, 0.717) is 37.4 Å². The highest BCUT2D eigenvalue weighted by Crippen LogP contribution is 2.33. The molecule has 1 saturated carbocycles. The molecule has 8 heteroatoms. The maximum atomic E-state index is 13.5. The van der Waals surface area contributed by atoms with Crippen molar-refractivity contribution in [2.24, 2.45) is 5.73 Å². The summed E-state index contributed by atoms with van der Waals surface area (Å²) in [6.45, 7) is 1.69. The van der Waals surface area contributed by atoms with E-state index in [-0.39, 0.29) is 5.82 Å². The largest absolute Gasteiger partial charge is 0.364 e. The molecule has 1 aliphatic rings. The van der Waals surface area contributed by atoms with Crippen molar-refractivity contribution in [3.63, 3.8) is 0 Å². The highest BCUT2D eigenvalue weighted by Gasteiger charge is 2.21. The van der Waals surface area contributed by atoms with Gasteiger partial charge in [0, 0.05) is 25.7 Å². The number of benzene rings is 2. The van der Waals surface area contributed by atoms with E-state index in [4.69, 9.17) is 10.7 Å². The third kappa shape index (κ3) is 4.66. The topological polar surface area (TPSA) is 93.7 Å². The number of nitrogens with zero attached hydrogens (tertiary/aromatic N) is 4. The number of fused-ring (bicyclic) bond motifs is 1. The Labute approximate surface area is 192 Å². The molecule has 0 radical (unpaired) electrons. The maximum Gasteiger partial charge on any atom is 0.226 e. The van der Waals surface area contributed by atoms with Gasteiger partial charge in [0.1, 0.15) is 5.82 Å². The molecular weight excluding hydrogens is 417 g/mol. The molecule has 0 atom stereocenters. The van der Waals surface area contributed by atoms with Gasteiger partial charge in [-0.25, -0.2) is 9.37 Å². The van der Waals surface area contributed by atoms with Crippen LogP contribution in [0.2, 0.25) is 0 Å². The molecule has 0 spiro atoms. The fourth-order valence-electron chi connectivity index (χ4n) is 4.42. The molecule has 2 heterocycles. The number of halogens is 1. The van der Waals surface area contributed by atoms with Crippen molar-refractivity contribution < 1.29 is 4.39 Å². The summed E-state index contributed by atoms with van der Waals surface area (Å²) in [4.78, 5) is 14.0. The molecule has 4 N–H and O–H groups in total. The van der Waals surface area contributed by atoms with Crippen molar-refractivity contribution in [1.82, 2.24) is 19.5 Å². The fraction of sp³-hybridized carbons (Fsp3) is 0.320. The monoisotopic (exact) mass is 445 g/mol. The van der Waals surface area contributed by atoms with Crippen LogP contribution < -0.4 is 16.4 Å². The van der Waals surface area contributed by atoms with Gasteiger partial charge in [0.2, 0.25) is 5.95 Å². The van der Waals surface area contributed by atoms with Crippen LogP contribution in [0.1, 0.15) is 37.3 Å². The second-order valence-corrected chi connectivity index (χ2v) is 8.43. The summed E-state index contributed by atoms with van der Waals surface area (Å²) in [5, 5.41) is 6.64. The fourth-order valence-corrected chi connectivity index (χ4v) is 4.42. The molecule has 2 aromatic heterocycles. The molecule has 2 aromatic carbocycles. The average Bonchev–Trinajstić information content (AvgIpc) is 3.51. The minimum Gasteiger partial charge on any atom is -0.364 e. The molecule has 0 amide bonds. The lowest BCUT2D eigenvalue weighted by atomic mass is 10.0. The van der Waals surface area contributed by atoms with Gasteiger partial charge in [0.15, 0.2) is 17.0 Å². The van der Waals surface area contributed by atoms with Crippen LogP contribution >= 0.6 is 0 Å². The highest BCUT2D eigenvalue weighted by molar-refractivity contribution is 5.84.